The Kier molecular flexibility index (Phi) is 3.70. The van der Waals surface area contributed by atoms with Gasteiger partial charge in [-0.25, -0.2) is 4.98 Å². The van der Waals surface area contributed by atoms with Gasteiger partial charge in [-0.2, -0.15) is 0 Å². The van der Waals surface area contributed by atoms with Crippen LogP contribution in [0.15, 0.2) is 42.6 Å². The molecule has 2 heterocycles. The number of anilines is 1. The summed E-state index contributed by atoms with van der Waals surface area (Å²) >= 11 is 6.11. The van der Waals surface area contributed by atoms with Crippen molar-refractivity contribution >= 4 is 23.2 Å². The van der Waals surface area contributed by atoms with Crippen LogP contribution in [0.4, 0.5) is 5.69 Å². The molecule has 2 aromatic rings. The lowest BCUT2D eigenvalue weighted by Crippen LogP contribution is -2.29. The van der Waals surface area contributed by atoms with Crippen LogP contribution in [0.3, 0.4) is 0 Å². The first kappa shape index (κ1) is 13.1. The van der Waals surface area contributed by atoms with E-state index in [1.54, 1.807) is 6.20 Å². The fraction of sp³-hybridized carbons (Fsp3) is 0.250. The number of aromatic nitrogens is 1. The van der Waals surface area contributed by atoms with Gasteiger partial charge in [0.15, 0.2) is 0 Å². The predicted molar refractivity (Wildman–Crippen MR) is 79.8 cm³/mol. The summed E-state index contributed by atoms with van der Waals surface area (Å²) in [6, 6.07) is 11.8. The van der Waals surface area contributed by atoms with Gasteiger partial charge in [-0.15, -0.1) is 0 Å². The first-order valence-electron chi connectivity index (χ1n) is 6.73. The quantitative estimate of drug-likeness (QED) is 0.790. The van der Waals surface area contributed by atoms with Crippen molar-refractivity contribution in [2.75, 3.05) is 4.90 Å². The van der Waals surface area contributed by atoms with E-state index < -0.39 is 0 Å². The average molecular weight is 287 g/mol. The zero-order valence-corrected chi connectivity index (χ0v) is 11.8. The Morgan fingerprint density at radius 3 is 2.85 bits per heavy atom. The van der Waals surface area contributed by atoms with Crippen LogP contribution < -0.4 is 4.90 Å². The van der Waals surface area contributed by atoms with E-state index in [0.717, 1.165) is 24.1 Å². The van der Waals surface area contributed by atoms with Gasteiger partial charge < -0.3 is 4.90 Å². The molecule has 3 nitrogen and oxygen atoms in total. The summed E-state index contributed by atoms with van der Waals surface area (Å²) in [7, 11) is 0. The van der Waals surface area contributed by atoms with Gasteiger partial charge in [0.25, 0.3) is 0 Å². The highest BCUT2D eigenvalue weighted by Gasteiger charge is 2.22. The number of amides is 1. The lowest BCUT2D eigenvalue weighted by atomic mass is 10.1. The number of carbonyl (C=O) groups excluding carboxylic acids is 1. The van der Waals surface area contributed by atoms with Crippen LogP contribution in [0.1, 0.15) is 24.0 Å². The van der Waals surface area contributed by atoms with Crippen molar-refractivity contribution in [1.29, 1.82) is 0 Å². The summed E-state index contributed by atoms with van der Waals surface area (Å²) in [6.07, 6.45) is 4.07. The molecule has 0 saturated carbocycles. The zero-order chi connectivity index (χ0) is 13.9. The molecule has 0 aliphatic carbocycles. The second kappa shape index (κ2) is 5.63. The molecule has 0 bridgehead atoms. The van der Waals surface area contributed by atoms with Crippen molar-refractivity contribution in [3.8, 4) is 0 Å². The Morgan fingerprint density at radius 1 is 1.15 bits per heavy atom. The zero-order valence-electron chi connectivity index (χ0n) is 11.1. The Balaban J connectivity index is 1.98. The topological polar surface area (TPSA) is 33.2 Å². The number of rotatable bonds is 2. The van der Waals surface area contributed by atoms with Gasteiger partial charge in [-0.05, 0) is 30.5 Å². The monoisotopic (exact) mass is 286 g/mol. The molecule has 4 heteroatoms. The van der Waals surface area contributed by atoms with E-state index in [2.05, 4.69) is 11.1 Å². The van der Waals surface area contributed by atoms with Crippen LogP contribution in [0.2, 0.25) is 5.15 Å². The van der Waals surface area contributed by atoms with Gasteiger partial charge in [0.2, 0.25) is 5.91 Å². The average Bonchev–Trinajstić information content (AvgIpc) is 2.61. The molecule has 0 radical (unpaired) electrons. The van der Waals surface area contributed by atoms with E-state index in [9.17, 15) is 4.79 Å². The van der Waals surface area contributed by atoms with Crippen LogP contribution in [0.25, 0.3) is 0 Å². The summed E-state index contributed by atoms with van der Waals surface area (Å²) in [6.45, 7) is 0.475. The minimum absolute atomic E-state index is 0.148. The number of pyridine rings is 1. The van der Waals surface area contributed by atoms with E-state index in [4.69, 9.17) is 11.6 Å². The molecular weight excluding hydrogens is 272 g/mol. The van der Waals surface area contributed by atoms with E-state index in [-0.39, 0.29) is 5.91 Å². The third-order valence-electron chi connectivity index (χ3n) is 3.59. The molecule has 1 aromatic heterocycles. The van der Waals surface area contributed by atoms with Crippen LogP contribution >= 0.6 is 11.6 Å². The Morgan fingerprint density at radius 2 is 2.00 bits per heavy atom. The van der Waals surface area contributed by atoms with E-state index in [1.165, 1.54) is 5.56 Å². The number of hydrogen-bond acceptors (Lipinski definition) is 2. The Hall–Kier alpha value is -1.87. The molecule has 1 aliphatic heterocycles. The second-order valence-corrected chi connectivity index (χ2v) is 5.27. The van der Waals surface area contributed by atoms with Crippen molar-refractivity contribution < 1.29 is 4.79 Å². The minimum Gasteiger partial charge on any atom is -0.308 e. The van der Waals surface area contributed by atoms with E-state index in [1.807, 2.05) is 35.2 Å². The summed E-state index contributed by atoms with van der Waals surface area (Å²) < 4.78 is 0. The van der Waals surface area contributed by atoms with Crippen molar-refractivity contribution in [1.82, 2.24) is 4.98 Å². The van der Waals surface area contributed by atoms with Gasteiger partial charge >= 0.3 is 0 Å². The van der Waals surface area contributed by atoms with Gasteiger partial charge in [-0.3, -0.25) is 4.79 Å². The maximum absolute atomic E-state index is 12.4. The maximum atomic E-state index is 12.4. The van der Waals surface area contributed by atoms with Crippen LogP contribution in [0.5, 0.6) is 0 Å². The lowest BCUT2D eigenvalue weighted by molar-refractivity contribution is -0.118. The maximum Gasteiger partial charge on any atom is 0.227 e. The fourth-order valence-corrected chi connectivity index (χ4v) is 2.74. The standard InChI is InChI=1S/C16H15ClN2O/c17-16-13(7-4-10-18-16)11-19-14-8-2-1-5-12(14)6-3-9-15(19)20/h1-2,4-5,7-8,10H,3,6,9,11H2. The smallest absolute Gasteiger partial charge is 0.227 e. The number of halogens is 1. The number of carbonyl (C=O) groups is 1. The SMILES string of the molecule is O=C1CCCc2ccccc2N1Cc1cccnc1Cl. The molecule has 0 N–H and O–H groups in total. The third kappa shape index (κ3) is 2.54. The number of aryl methyl sites for hydroxylation is 1. The Labute approximate surface area is 123 Å². The second-order valence-electron chi connectivity index (χ2n) is 4.92. The van der Waals surface area contributed by atoms with Crippen molar-refractivity contribution in [3.63, 3.8) is 0 Å². The molecule has 1 aromatic carbocycles. The lowest BCUT2D eigenvalue weighted by Gasteiger charge is -2.23. The van der Waals surface area contributed by atoms with Crippen LogP contribution in [-0.4, -0.2) is 10.9 Å². The van der Waals surface area contributed by atoms with Crippen LogP contribution in [0, 0.1) is 0 Å². The summed E-state index contributed by atoms with van der Waals surface area (Å²) in [4.78, 5) is 18.3. The molecule has 0 unspecified atom stereocenters. The number of hydrogen-bond donors (Lipinski definition) is 0. The number of benzene rings is 1. The van der Waals surface area contributed by atoms with Crippen molar-refractivity contribution in [2.45, 2.75) is 25.8 Å². The number of fused-ring (bicyclic) bond motifs is 1. The summed E-state index contributed by atoms with van der Waals surface area (Å²) in [5.74, 6) is 0.148. The van der Waals surface area contributed by atoms with Gasteiger partial charge in [0.1, 0.15) is 5.15 Å². The summed E-state index contributed by atoms with van der Waals surface area (Å²) in [5, 5.41) is 0.460. The highest BCUT2D eigenvalue weighted by Crippen LogP contribution is 2.29. The molecule has 3 rings (SSSR count). The first-order valence-corrected chi connectivity index (χ1v) is 7.11. The van der Waals surface area contributed by atoms with Crippen LogP contribution in [-0.2, 0) is 17.8 Å². The largest absolute Gasteiger partial charge is 0.308 e. The minimum atomic E-state index is 0.148. The molecule has 0 atom stereocenters. The molecule has 20 heavy (non-hydrogen) atoms. The molecule has 1 aliphatic rings. The molecule has 102 valence electrons. The highest BCUT2D eigenvalue weighted by atomic mass is 35.5. The Bertz CT molecular complexity index is 642. The molecule has 1 amide bonds. The van der Waals surface area contributed by atoms with Crippen molar-refractivity contribution in [2.24, 2.45) is 0 Å². The van der Waals surface area contributed by atoms with Gasteiger partial charge in [-0.1, -0.05) is 35.9 Å². The molecule has 0 fully saturated rings. The van der Waals surface area contributed by atoms with Gasteiger partial charge in [0.05, 0.1) is 6.54 Å². The molecular formula is C16H15ClN2O. The highest BCUT2D eigenvalue weighted by molar-refractivity contribution is 6.30. The summed E-state index contributed by atoms with van der Waals surface area (Å²) in [5.41, 5.74) is 3.09. The van der Waals surface area contributed by atoms with Crippen molar-refractivity contribution in [3.05, 3.63) is 58.9 Å². The normalized spacial score (nSPS) is 14.8. The van der Waals surface area contributed by atoms with E-state index in [0.29, 0.717) is 18.1 Å². The van der Waals surface area contributed by atoms with Gasteiger partial charge in [0, 0.05) is 23.9 Å². The fourth-order valence-electron chi connectivity index (χ4n) is 2.57. The predicted octanol–water partition coefficient (Wildman–Crippen LogP) is 3.60. The first-order chi connectivity index (χ1) is 9.75. The third-order valence-corrected chi connectivity index (χ3v) is 3.93. The number of nitrogens with zero attached hydrogens (tertiary/aromatic N) is 2. The number of para-hydroxylation sites is 1. The molecule has 0 saturated heterocycles. The van der Waals surface area contributed by atoms with E-state index >= 15 is 0 Å². The molecule has 0 spiro atoms.